The molecule has 0 saturated carbocycles. The van der Waals surface area contributed by atoms with E-state index in [1.807, 2.05) is 0 Å². The molecule has 6 nitrogen and oxygen atoms in total. The van der Waals surface area contributed by atoms with Gasteiger partial charge in [-0.15, -0.1) is 0 Å². The van der Waals surface area contributed by atoms with Crippen LogP contribution in [0.1, 0.15) is 23.0 Å². The zero-order valence-corrected chi connectivity index (χ0v) is 17.3. The van der Waals surface area contributed by atoms with Gasteiger partial charge in [-0.2, -0.15) is 0 Å². The minimum atomic E-state index is -1.14. The zero-order chi connectivity index (χ0) is 21.8. The number of esters is 1. The van der Waals surface area contributed by atoms with Gasteiger partial charge in [0.2, 0.25) is 0 Å². The molecule has 3 aromatic rings. The van der Waals surface area contributed by atoms with Gasteiger partial charge in [0.05, 0.1) is 6.20 Å². The number of halogens is 2. The van der Waals surface area contributed by atoms with Gasteiger partial charge in [-0.1, -0.05) is 17.8 Å². The molecule has 1 amide bonds. The predicted molar refractivity (Wildman–Crippen MR) is 110 cm³/mol. The van der Waals surface area contributed by atoms with Crippen LogP contribution in [0.4, 0.5) is 14.5 Å². The Kier molecular flexibility index (Phi) is 6.51. The Morgan fingerprint density at radius 3 is 2.50 bits per heavy atom. The fourth-order valence-electron chi connectivity index (χ4n) is 2.65. The molecule has 0 bridgehead atoms. The Hall–Kier alpha value is -3.20. The molecule has 1 heterocycles. The molecule has 156 valence electrons. The van der Waals surface area contributed by atoms with Gasteiger partial charge in [-0.05, 0) is 62.1 Å². The number of hydrogen-bond acceptors (Lipinski definition) is 5. The lowest BCUT2D eigenvalue weighted by atomic mass is 10.2. The Bertz CT molecular complexity index is 1080. The first-order chi connectivity index (χ1) is 14.3. The van der Waals surface area contributed by atoms with Crippen molar-refractivity contribution in [2.75, 3.05) is 11.6 Å². The van der Waals surface area contributed by atoms with Crippen molar-refractivity contribution in [2.45, 2.75) is 25.1 Å². The lowest BCUT2D eigenvalue weighted by molar-refractivity contribution is -0.123. The number of thioether (sulfide) groups is 1. The normalized spacial score (nSPS) is 11.8. The van der Waals surface area contributed by atoms with Gasteiger partial charge in [-0.25, -0.2) is 18.6 Å². The second-order valence-electron chi connectivity index (χ2n) is 6.44. The minimum absolute atomic E-state index is 0.0898. The summed E-state index contributed by atoms with van der Waals surface area (Å²) in [6.45, 7) is 3.02. The molecule has 0 spiro atoms. The molecule has 0 fully saturated rings. The van der Waals surface area contributed by atoms with E-state index >= 15 is 0 Å². The molecule has 1 atom stereocenters. The molecule has 1 unspecified atom stereocenters. The van der Waals surface area contributed by atoms with Crippen molar-refractivity contribution in [2.24, 2.45) is 0 Å². The van der Waals surface area contributed by atoms with E-state index in [1.165, 1.54) is 65.8 Å². The number of carbonyl (C=O) groups excluding carboxylic acids is 2. The first-order valence-corrected chi connectivity index (χ1v) is 10.2. The van der Waals surface area contributed by atoms with Crippen molar-refractivity contribution in [1.29, 1.82) is 0 Å². The molecule has 2 aromatic carbocycles. The monoisotopic (exact) mass is 431 g/mol. The molecule has 1 aromatic heterocycles. The Morgan fingerprint density at radius 2 is 1.87 bits per heavy atom. The quantitative estimate of drug-likeness (QED) is 0.464. The van der Waals surface area contributed by atoms with Crippen LogP contribution in [0.25, 0.3) is 5.69 Å². The lowest BCUT2D eigenvalue weighted by Crippen LogP contribution is -2.30. The van der Waals surface area contributed by atoms with E-state index in [1.54, 1.807) is 19.2 Å². The van der Waals surface area contributed by atoms with E-state index in [0.717, 1.165) is 0 Å². The van der Waals surface area contributed by atoms with Crippen LogP contribution in [0.15, 0.2) is 53.8 Å². The Morgan fingerprint density at radius 1 is 1.17 bits per heavy atom. The Labute approximate surface area is 176 Å². The number of ether oxygens (including phenoxy) is 1. The van der Waals surface area contributed by atoms with Gasteiger partial charge < -0.3 is 10.1 Å². The highest BCUT2D eigenvalue weighted by molar-refractivity contribution is 7.98. The third-order valence-electron chi connectivity index (χ3n) is 4.30. The summed E-state index contributed by atoms with van der Waals surface area (Å²) >= 11 is 1.30. The second-order valence-corrected chi connectivity index (χ2v) is 7.22. The van der Waals surface area contributed by atoms with Crippen molar-refractivity contribution < 1.29 is 23.1 Å². The fraction of sp³-hybridized carbons (Fsp3) is 0.190. The molecule has 0 saturated heterocycles. The maximum absolute atomic E-state index is 13.7. The molecule has 0 radical (unpaired) electrons. The van der Waals surface area contributed by atoms with Crippen molar-refractivity contribution in [1.82, 2.24) is 9.55 Å². The van der Waals surface area contributed by atoms with E-state index in [0.29, 0.717) is 16.4 Å². The predicted octanol–water partition coefficient (Wildman–Crippen LogP) is 4.36. The van der Waals surface area contributed by atoms with Gasteiger partial charge in [0.1, 0.15) is 11.6 Å². The van der Waals surface area contributed by atoms with Gasteiger partial charge >= 0.3 is 5.97 Å². The first-order valence-electron chi connectivity index (χ1n) is 8.96. The largest absolute Gasteiger partial charge is 0.448 e. The molecule has 0 aliphatic heterocycles. The van der Waals surface area contributed by atoms with Gasteiger partial charge in [0.25, 0.3) is 5.91 Å². The van der Waals surface area contributed by atoms with Crippen LogP contribution in [-0.4, -0.2) is 33.8 Å². The van der Waals surface area contributed by atoms with E-state index in [-0.39, 0.29) is 11.4 Å². The second kappa shape index (κ2) is 9.08. The first kappa shape index (κ1) is 21.5. The van der Waals surface area contributed by atoms with Crippen LogP contribution >= 0.6 is 11.8 Å². The van der Waals surface area contributed by atoms with E-state index in [2.05, 4.69) is 10.3 Å². The molecular formula is C21H19F2N3O3S. The smallest absolute Gasteiger partial charge is 0.357 e. The minimum Gasteiger partial charge on any atom is -0.448 e. The van der Waals surface area contributed by atoms with E-state index in [4.69, 9.17) is 4.74 Å². The molecule has 0 aliphatic carbocycles. The SMILES string of the molecule is CSc1ncc(C(=O)OC(C)C(=O)Nc2ccc(C)c(F)c2)n1-c1ccc(F)cc1. The number of aromatic nitrogens is 2. The standard InChI is InChI=1S/C21H19F2N3O3S/c1-12-4-7-15(10-17(12)23)25-19(27)13(2)29-20(28)18-11-24-21(30-3)26(18)16-8-5-14(22)6-9-16/h4-11,13H,1-3H3,(H,25,27). The summed E-state index contributed by atoms with van der Waals surface area (Å²) in [6.07, 6.45) is 1.97. The van der Waals surface area contributed by atoms with Crippen LogP contribution in [-0.2, 0) is 9.53 Å². The van der Waals surface area contributed by atoms with Crippen LogP contribution in [0, 0.1) is 18.6 Å². The van der Waals surface area contributed by atoms with Crippen LogP contribution < -0.4 is 5.32 Å². The number of benzene rings is 2. The number of amides is 1. The molecular weight excluding hydrogens is 412 g/mol. The Balaban J connectivity index is 1.76. The highest BCUT2D eigenvalue weighted by Crippen LogP contribution is 2.23. The third-order valence-corrected chi connectivity index (χ3v) is 4.95. The summed E-state index contributed by atoms with van der Waals surface area (Å²) in [5.41, 5.74) is 1.32. The number of imidazole rings is 1. The van der Waals surface area contributed by atoms with Gasteiger partial charge in [0, 0.05) is 11.4 Å². The molecule has 0 aliphatic rings. The number of nitrogens with zero attached hydrogens (tertiary/aromatic N) is 2. The molecule has 9 heteroatoms. The summed E-state index contributed by atoms with van der Waals surface area (Å²) in [7, 11) is 0. The number of aryl methyl sites for hydroxylation is 1. The average Bonchev–Trinajstić information content (AvgIpc) is 3.15. The van der Waals surface area contributed by atoms with E-state index < -0.39 is 29.6 Å². The highest BCUT2D eigenvalue weighted by atomic mass is 32.2. The van der Waals surface area contributed by atoms with Crippen molar-refractivity contribution >= 4 is 29.3 Å². The third kappa shape index (κ3) is 4.68. The van der Waals surface area contributed by atoms with E-state index in [9.17, 15) is 18.4 Å². The number of rotatable bonds is 6. The molecule has 30 heavy (non-hydrogen) atoms. The van der Waals surface area contributed by atoms with Crippen molar-refractivity contribution in [3.8, 4) is 5.69 Å². The summed E-state index contributed by atoms with van der Waals surface area (Å²) in [5.74, 6) is -2.24. The average molecular weight is 431 g/mol. The van der Waals surface area contributed by atoms with Crippen LogP contribution in [0.5, 0.6) is 0 Å². The summed E-state index contributed by atoms with van der Waals surface area (Å²) < 4.78 is 33.7. The van der Waals surface area contributed by atoms with Crippen molar-refractivity contribution in [3.05, 3.63) is 71.6 Å². The highest BCUT2D eigenvalue weighted by Gasteiger charge is 2.24. The number of anilines is 1. The molecule has 3 rings (SSSR count). The lowest BCUT2D eigenvalue weighted by Gasteiger charge is -2.15. The van der Waals surface area contributed by atoms with Gasteiger partial charge in [0.15, 0.2) is 17.0 Å². The number of carbonyl (C=O) groups is 2. The maximum atomic E-state index is 13.7. The zero-order valence-electron chi connectivity index (χ0n) is 16.5. The summed E-state index contributed by atoms with van der Waals surface area (Å²) in [4.78, 5) is 29.2. The van der Waals surface area contributed by atoms with Crippen LogP contribution in [0.2, 0.25) is 0 Å². The van der Waals surface area contributed by atoms with Crippen molar-refractivity contribution in [3.63, 3.8) is 0 Å². The molecule has 1 N–H and O–H groups in total. The number of nitrogens with one attached hydrogen (secondary N) is 1. The maximum Gasteiger partial charge on any atom is 0.357 e. The van der Waals surface area contributed by atoms with Gasteiger partial charge in [-0.3, -0.25) is 9.36 Å². The number of hydrogen-bond donors (Lipinski definition) is 1. The van der Waals surface area contributed by atoms with Crippen LogP contribution in [0.3, 0.4) is 0 Å². The summed E-state index contributed by atoms with van der Waals surface area (Å²) in [6, 6.07) is 9.84. The topological polar surface area (TPSA) is 73.2 Å². The summed E-state index contributed by atoms with van der Waals surface area (Å²) in [5, 5.41) is 3.01. The fourth-order valence-corrected chi connectivity index (χ4v) is 3.20.